The molecular weight excluding hydrogens is 338 g/mol. The Bertz CT molecular complexity index is 731. The first kappa shape index (κ1) is 18.5. The number of carbonyl (C=O) groups excluding carboxylic acids is 1. The van der Waals surface area contributed by atoms with Gasteiger partial charge in [-0.05, 0) is 35.4 Å². The summed E-state index contributed by atoms with van der Waals surface area (Å²) in [4.78, 5) is 14.5. The van der Waals surface area contributed by atoms with Crippen LogP contribution in [-0.4, -0.2) is 43.7 Å². The van der Waals surface area contributed by atoms with Crippen molar-refractivity contribution in [2.45, 2.75) is 12.5 Å². The van der Waals surface area contributed by atoms with Crippen molar-refractivity contribution >= 4 is 5.91 Å². The molecule has 0 aromatic heterocycles. The van der Waals surface area contributed by atoms with E-state index in [-0.39, 0.29) is 30.0 Å². The normalized spacial score (nSPS) is 16.2. The highest BCUT2D eigenvalue weighted by Crippen LogP contribution is 2.21. The first-order valence-electron chi connectivity index (χ1n) is 8.70. The summed E-state index contributed by atoms with van der Waals surface area (Å²) < 4.78 is 31.9. The van der Waals surface area contributed by atoms with Crippen LogP contribution in [0.2, 0.25) is 0 Å². The molecule has 0 spiro atoms. The molecular formula is C20H22F2N2O2. The van der Waals surface area contributed by atoms with Gasteiger partial charge in [0.1, 0.15) is 11.6 Å². The summed E-state index contributed by atoms with van der Waals surface area (Å²) in [7, 11) is 0. The second kappa shape index (κ2) is 8.87. The number of morpholine rings is 1. The van der Waals surface area contributed by atoms with Crippen LogP contribution in [0.1, 0.15) is 17.2 Å². The van der Waals surface area contributed by atoms with Crippen LogP contribution >= 0.6 is 0 Å². The van der Waals surface area contributed by atoms with Crippen molar-refractivity contribution in [3.63, 3.8) is 0 Å². The molecule has 1 fully saturated rings. The first-order valence-corrected chi connectivity index (χ1v) is 8.70. The minimum absolute atomic E-state index is 0.0593. The molecule has 0 aliphatic carbocycles. The van der Waals surface area contributed by atoms with Crippen LogP contribution in [0.3, 0.4) is 0 Å². The van der Waals surface area contributed by atoms with E-state index in [4.69, 9.17) is 4.74 Å². The van der Waals surface area contributed by atoms with Crippen molar-refractivity contribution in [1.82, 2.24) is 10.2 Å². The molecule has 0 radical (unpaired) electrons. The second-order valence-corrected chi connectivity index (χ2v) is 6.33. The number of nitrogens with zero attached hydrogens (tertiary/aromatic N) is 1. The number of hydrogen-bond donors (Lipinski definition) is 1. The average Bonchev–Trinajstić information content (AvgIpc) is 2.64. The quantitative estimate of drug-likeness (QED) is 0.861. The maximum absolute atomic E-state index is 13.2. The van der Waals surface area contributed by atoms with Gasteiger partial charge in [0, 0.05) is 19.6 Å². The Morgan fingerprint density at radius 1 is 1.08 bits per heavy atom. The minimum Gasteiger partial charge on any atom is -0.379 e. The summed E-state index contributed by atoms with van der Waals surface area (Å²) in [5, 5.41) is 2.92. The fraction of sp³-hybridized carbons (Fsp3) is 0.350. The number of benzene rings is 2. The summed E-state index contributed by atoms with van der Waals surface area (Å²) in [6, 6.07) is 12.3. The lowest BCUT2D eigenvalue weighted by molar-refractivity contribution is -0.120. The summed E-state index contributed by atoms with van der Waals surface area (Å²) in [6.45, 7) is 3.17. The fourth-order valence-corrected chi connectivity index (χ4v) is 3.14. The third kappa shape index (κ3) is 5.09. The van der Waals surface area contributed by atoms with Crippen molar-refractivity contribution in [3.05, 3.63) is 71.3 Å². The maximum Gasteiger partial charge on any atom is 0.224 e. The van der Waals surface area contributed by atoms with Crippen molar-refractivity contribution in [2.75, 3.05) is 32.8 Å². The molecule has 1 aliphatic heterocycles. The lowest BCUT2D eigenvalue weighted by atomic mass is 10.0. The lowest BCUT2D eigenvalue weighted by Gasteiger charge is -2.35. The van der Waals surface area contributed by atoms with Crippen molar-refractivity contribution in [3.8, 4) is 0 Å². The van der Waals surface area contributed by atoms with Gasteiger partial charge < -0.3 is 10.1 Å². The van der Waals surface area contributed by atoms with Crippen molar-refractivity contribution in [2.24, 2.45) is 0 Å². The van der Waals surface area contributed by atoms with Gasteiger partial charge in [-0.25, -0.2) is 8.78 Å². The second-order valence-electron chi connectivity index (χ2n) is 6.33. The molecule has 138 valence electrons. The topological polar surface area (TPSA) is 41.6 Å². The molecule has 6 heteroatoms. The van der Waals surface area contributed by atoms with E-state index in [9.17, 15) is 13.6 Å². The van der Waals surface area contributed by atoms with Gasteiger partial charge in [-0.3, -0.25) is 9.69 Å². The molecule has 4 nitrogen and oxygen atoms in total. The molecule has 0 saturated carbocycles. The van der Waals surface area contributed by atoms with E-state index in [0.717, 1.165) is 18.7 Å². The molecule has 1 unspecified atom stereocenters. The van der Waals surface area contributed by atoms with Gasteiger partial charge in [0.2, 0.25) is 5.91 Å². The lowest BCUT2D eigenvalue weighted by Crippen LogP contribution is -2.44. The first-order chi connectivity index (χ1) is 12.6. The Morgan fingerprint density at radius 2 is 1.81 bits per heavy atom. The van der Waals surface area contributed by atoms with Gasteiger partial charge >= 0.3 is 0 Å². The van der Waals surface area contributed by atoms with Crippen LogP contribution in [0.15, 0.2) is 48.5 Å². The van der Waals surface area contributed by atoms with Gasteiger partial charge in [-0.15, -0.1) is 0 Å². The van der Waals surface area contributed by atoms with Crippen LogP contribution in [-0.2, 0) is 16.0 Å². The highest BCUT2D eigenvalue weighted by atomic mass is 19.1. The molecule has 26 heavy (non-hydrogen) atoms. The van der Waals surface area contributed by atoms with E-state index in [2.05, 4.69) is 10.2 Å². The summed E-state index contributed by atoms with van der Waals surface area (Å²) in [5.41, 5.74) is 1.58. The zero-order chi connectivity index (χ0) is 18.4. The third-order valence-corrected chi connectivity index (χ3v) is 4.49. The largest absolute Gasteiger partial charge is 0.379 e. The monoisotopic (exact) mass is 360 g/mol. The number of amides is 1. The molecule has 0 bridgehead atoms. The number of ether oxygens (including phenoxy) is 1. The number of nitrogens with one attached hydrogen (secondary N) is 1. The average molecular weight is 360 g/mol. The molecule has 1 amide bonds. The van der Waals surface area contributed by atoms with Crippen LogP contribution in [0.25, 0.3) is 0 Å². The number of hydrogen-bond acceptors (Lipinski definition) is 3. The van der Waals surface area contributed by atoms with Crippen molar-refractivity contribution < 1.29 is 18.3 Å². The Labute approximate surface area is 151 Å². The predicted octanol–water partition coefficient (Wildman–Crippen LogP) is 2.70. The third-order valence-electron chi connectivity index (χ3n) is 4.49. The predicted molar refractivity (Wildman–Crippen MR) is 94.6 cm³/mol. The molecule has 1 aliphatic rings. The molecule has 1 heterocycles. The van der Waals surface area contributed by atoms with E-state index >= 15 is 0 Å². The zero-order valence-electron chi connectivity index (χ0n) is 14.5. The fourth-order valence-electron chi connectivity index (χ4n) is 3.14. The van der Waals surface area contributed by atoms with Crippen LogP contribution in [0.4, 0.5) is 8.78 Å². The minimum atomic E-state index is -0.354. The SMILES string of the molecule is O=C(Cc1cccc(F)c1)NCC(c1ccc(F)cc1)N1CCOCC1. The Balaban J connectivity index is 1.65. The summed E-state index contributed by atoms with van der Waals surface area (Å²) in [6.07, 6.45) is 0.122. The smallest absolute Gasteiger partial charge is 0.224 e. The molecule has 1 N–H and O–H groups in total. The molecule has 3 rings (SSSR count). The highest BCUT2D eigenvalue weighted by Gasteiger charge is 2.23. The summed E-state index contributed by atoms with van der Waals surface area (Å²) in [5.74, 6) is -0.812. The van der Waals surface area contributed by atoms with Crippen LogP contribution in [0.5, 0.6) is 0 Å². The Morgan fingerprint density at radius 3 is 2.50 bits per heavy atom. The van der Waals surface area contributed by atoms with E-state index in [0.29, 0.717) is 25.3 Å². The van der Waals surface area contributed by atoms with Gasteiger partial charge in [0.15, 0.2) is 0 Å². The van der Waals surface area contributed by atoms with Crippen LogP contribution in [0, 0.1) is 11.6 Å². The number of halogens is 2. The number of rotatable bonds is 6. The molecule has 2 aromatic rings. The highest BCUT2D eigenvalue weighted by molar-refractivity contribution is 5.78. The van der Waals surface area contributed by atoms with Crippen molar-refractivity contribution in [1.29, 1.82) is 0 Å². The van der Waals surface area contributed by atoms with E-state index in [1.807, 2.05) is 0 Å². The Kier molecular flexibility index (Phi) is 6.30. The molecule has 1 saturated heterocycles. The van der Waals surface area contributed by atoms with Gasteiger partial charge in [0.25, 0.3) is 0 Å². The van der Waals surface area contributed by atoms with Gasteiger partial charge in [-0.1, -0.05) is 24.3 Å². The van der Waals surface area contributed by atoms with Gasteiger partial charge in [0.05, 0.1) is 25.7 Å². The number of carbonyl (C=O) groups is 1. The Hall–Kier alpha value is -2.31. The van der Waals surface area contributed by atoms with E-state index in [1.54, 1.807) is 24.3 Å². The maximum atomic E-state index is 13.2. The molecule has 2 aromatic carbocycles. The molecule has 1 atom stereocenters. The summed E-state index contributed by atoms with van der Waals surface area (Å²) >= 11 is 0. The zero-order valence-corrected chi connectivity index (χ0v) is 14.5. The van der Waals surface area contributed by atoms with E-state index in [1.165, 1.54) is 24.3 Å². The van der Waals surface area contributed by atoms with Gasteiger partial charge in [-0.2, -0.15) is 0 Å². The standard InChI is InChI=1S/C20H22F2N2O2/c21-17-6-4-16(5-7-17)19(24-8-10-26-11-9-24)14-23-20(25)13-15-2-1-3-18(22)12-15/h1-7,12,19H,8-11,13-14H2,(H,23,25). The van der Waals surface area contributed by atoms with E-state index < -0.39 is 0 Å². The van der Waals surface area contributed by atoms with Crippen LogP contribution < -0.4 is 5.32 Å².